The molecule has 82 valence electrons. The minimum absolute atomic E-state index is 0.311. The Morgan fingerprint density at radius 2 is 2.00 bits per heavy atom. The first-order valence-electron chi connectivity index (χ1n) is 3.62. The van der Waals surface area contributed by atoms with Crippen LogP contribution in [0.15, 0.2) is 6.20 Å². The quantitative estimate of drug-likeness (QED) is 0.418. The van der Waals surface area contributed by atoms with Crippen LogP contribution in [0.4, 0.5) is 23.2 Å². The maximum Gasteiger partial charge on any atom is 0.440 e. The largest absolute Gasteiger partial charge is 0.440 e. The SMILES string of the molecule is Cc1c(F)cnc(C(F)(F)F)c1[N+](=O)[O-]. The summed E-state index contributed by atoms with van der Waals surface area (Å²) < 4.78 is 49.5. The predicted octanol–water partition coefficient (Wildman–Crippen LogP) is 2.46. The zero-order chi connectivity index (χ0) is 11.8. The van der Waals surface area contributed by atoms with Crippen LogP contribution in [-0.4, -0.2) is 9.91 Å². The van der Waals surface area contributed by atoms with E-state index in [1.54, 1.807) is 0 Å². The van der Waals surface area contributed by atoms with Crippen molar-refractivity contribution in [2.24, 2.45) is 0 Å². The summed E-state index contributed by atoms with van der Waals surface area (Å²) in [5.74, 6) is -1.14. The first-order valence-corrected chi connectivity index (χ1v) is 3.62. The van der Waals surface area contributed by atoms with Crippen molar-refractivity contribution < 1.29 is 22.5 Å². The van der Waals surface area contributed by atoms with Gasteiger partial charge in [0, 0.05) is 0 Å². The lowest BCUT2D eigenvalue weighted by Gasteiger charge is -2.07. The van der Waals surface area contributed by atoms with Gasteiger partial charge in [0.15, 0.2) is 5.82 Å². The molecule has 0 N–H and O–H groups in total. The molecular weight excluding hydrogens is 220 g/mol. The van der Waals surface area contributed by atoms with Crippen LogP contribution < -0.4 is 0 Å². The first kappa shape index (κ1) is 11.3. The third-order valence-electron chi connectivity index (χ3n) is 1.70. The van der Waals surface area contributed by atoms with Crippen LogP contribution in [-0.2, 0) is 6.18 Å². The second-order valence-electron chi connectivity index (χ2n) is 2.68. The molecule has 4 nitrogen and oxygen atoms in total. The summed E-state index contributed by atoms with van der Waals surface area (Å²) >= 11 is 0. The maximum atomic E-state index is 12.8. The zero-order valence-corrected chi connectivity index (χ0v) is 7.30. The molecule has 0 saturated carbocycles. The number of rotatable bonds is 1. The molecular formula is C7H4F4N2O2. The van der Waals surface area contributed by atoms with Gasteiger partial charge in [0.25, 0.3) is 0 Å². The number of pyridine rings is 1. The average Bonchev–Trinajstić information content (AvgIpc) is 2.06. The molecule has 1 rings (SSSR count). The second kappa shape index (κ2) is 3.44. The molecule has 0 radical (unpaired) electrons. The zero-order valence-electron chi connectivity index (χ0n) is 7.30. The van der Waals surface area contributed by atoms with Crippen LogP contribution in [0.3, 0.4) is 0 Å². The molecule has 0 spiro atoms. The minimum Gasteiger partial charge on any atom is -0.258 e. The first-order chi connectivity index (χ1) is 6.75. The molecule has 0 bridgehead atoms. The Kier molecular flexibility index (Phi) is 2.61. The standard InChI is InChI=1S/C7H4F4N2O2/c1-3-4(8)2-12-6(7(9,10)11)5(3)13(14)15/h2H,1H3. The van der Waals surface area contributed by atoms with Crippen LogP contribution in [0.2, 0.25) is 0 Å². The van der Waals surface area contributed by atoms with Crippen LogP contribution in [0.5, 0.6) is 0 Å². The van der Waals surface area contributed by atoms with E-state index in [0.29, 0.717) is 6.20 Å². The Morgan fingerprint density at radius 3 is 2.40 bits per heavy atom. The minimum atomic E-state index is -4.97. The fourth-order valence-electron chi connectivity index (χ4n) is 1.00. The Labute approximate surface area is 80.7 Å². The fraction of sp³-hybridized carbons (Fsp3) is 0.286. The molecule has 15 heavy (non-hydrogen) atoms. The highest BCUT2D eigenvalue weighted by Crippen LogP contribution is 2.36. The van der Waals surface area contributed by atoms with E-state index >= 15 is 0 Å². The van der Waals surface area contributed by atoms with Crippen molar-refractivity contribution in [1.82, 2.24) is 4.98 Å². The van der Waals surface area contributed by atoms with Crippen molar-refractivity contribution in [3.8, 4) is 0 Å². The van der Waals surface area contributed by atoms with Gasteiger partial charge in [0.05, 0.1) is 16.7 Å². The lowest BCUT2D eigenvalue weighted by molar-refractivity contribution is -0.389. The van der Waals surface area contributed by atoms with Gasteiger partial charge in [0.2, 0.25) is 5.69 Å². The average molecular weight is 224 g/mol. The monoisotopic (exact) mass is 224 g/mol. The third-order valence-corrected chi connectivity index (χ3v) is 1.70. The Balaban J connectivity index is 3.55. The lowest BCUT2D eigenvalue weighted by atomic mass is 10.2. The van der Waals surface area contributed by atoms with E-state index in [1.165, 1.54) is 0 Å². The molecule has 0 fully saturated rings. The molecule has 0 atom stereocenters. The highest BCUT2D eigenvalue weighted by molar-refractivity contribution is 5.44. The fourth-order valence-corrected chi connectivity index (χ4v) is 1.00. The normalized spacial score (nSPS) is 11.5. The summed E-state index contributed by atoms with van der Waals surface area (Å²) in [6.45, 7) is 0.893. The van der Waals surface area contributed by atoms with Gasteiger partial charge in [0.1, 0.15) is 0 Å². The number of nitrogens with zero attached hydrogens (tertiary/aromatic N) is 2. The molecule has 0 unspecified atom stereocenters. The Morgan fingerprint density at radius 1 is 1.47 bits per heavy atom. The highest BCUT2D eigenvalue weighted by atomic mass is 19.4. The van der Waals surface area contributed by atoms with Crippen molar-refractivity contribution in [3.63, 3.8) is 0 Å². The maximum absolute atomic E-state index is 12.8. The van der Waals surface area contributed by atoms with Gasteiger partial charge in [-0.25, -0.2) is 9.37 Å². The number of hydrogen-bond donors (Lipinski definition) is 0. The predicted molar refractivity (Wildman–Crippen MR) is 40.6 cm³/mol. The number of aromatic nitrogens is 1. The van der Waals surface area contributed by atoms with Gasteiger partial charge in [-0.05, 0) is 6.92 Å². The number of hydrogen-bond acceptors (Lipinski definition) is 3. The van der Waals surface area contributed by atoms with Crippen molar-refractivity contribution in [2.75, 3.05) is 0 Å². The van der Waals surface area contributed by atoms with E-state index in [-0.39, 0.29) is 0 Å². The van der Waals surface area contributed by atoms with Crippen molar-refractivity contribution >= 4 is 5.69 Å². The van der Waals surface area contributed by atoms with Gasteiger partial charge < -0.3 is 0 Å². The second-order valence-corrected chi connectivity index (χ2v) is 2.68. The van der Waals surface area contributed by atoms with Crippen molar-refractivity contribution in [2.45, 2.75) is 13.1 Å². The van der Waals surface area contributed by atoms with Crippen molar-refractivity contribution in [3.05, 3.63) is 33.4 Å². The summed E-state index contributed by atoms with van der Waals surface area (Å²) in [4.78, 5) is 11.7. The van der Waals surface area contributed by atoms with E-state index in [9.17, 15) is 27.7 Å². The molecule has 1 aromatic rings. The number of nitro groups is 1. The van der Waals surface area contributed by atoms with Crippen LogP contribution in [0, 0.1) is 22.9 Å². The summed E-state index contributed by atoms with van der Waals surface area (Å²) in [6.07, 6.45) is -4.66. The molecule has 0 aromatic carbocycles. The molecule has 1 aromatic heterocycles. The summed E-state index contributed by atoms with van der Waals surface area (Å²) in [5, 5.41) is 10.3. The van der Waals surface area contributed by atoms with Crippen LogP contribution in [0.25, 0.3) is 0 Å². The third kappa shape index (κ3) is 2.03. The Bertz CT molecular complexity index is 416. The van der Waals surface area contributed by atoms with Gasteiger partial charge in [-0.1, -0.05) is 0 Å². The van der Waals surface area contributed by atoms with E-state index in [0.717, 1.165) is 6.92 Å². The van der Waals surface area contributed by atoms with Crippen molar-refractivity contribution in [1.29, 1.82) is 0 Å². The van der Waals surface area contributed by atoms with E-state index in [2.05, 4.69) is 4.98 Å². The lowest BCUT2D eigenvalue weighted by Crippen LogP contribution is -2.13. The number of halogens is 4. The molecule has 0 aliphatic carbocycles. The summed E-state index contributed by atoms with van der Waals surface area (Å²) in [5.41, 5.74) is -3.71. The number of alkyl halides is 3. The molecule has 8 heteroatoms. The van der Waals surface area contributed by atoms with Gasteiger partial charge in [-0.2, -0.15) is 13.2 Å². The topological polar surface area (TPSA) is 56.0 Å². The molecule has 0 aliphatic heterocycles. The van der Waals surface area contributed by atoms with Crippen LogP contribution >= 0.6 is 0 Å². The molecule has 0 saturated heterocycles. The highest BCUT2D eigenvalue weighted by Gasteiger charge is 2.42. The van der Waals surface area contributed by atoms with Gasteiger partial charge in [-0.15, -0.1) is 0 Å². The Hall–Kier alpha value is -1.73. The van der Waals surface area contributed by atoms with E-state index in [1.807, 2.05) is 0 Å². The summed E-state index contributed by atoms with van der Waals surface area (Å²) in [6, 6.07) is 0. The molecule has 1 heterocycles. The van der Waals surface area contributed by atoms with E-state index < -0.39 is 33.9 Å². The smallest absolute Gasteiger partial charge is 0.258 e. The van der Waals surface area contributed by atoms with Crippen LogP contribution in [0.1, 0.15) is 11.3 Å². The van der Waals surface area contributed by atoms with Gasteiger partial charge in [-0.3, -0.25) is 10.1 Å². The van der Waals surface area contributed by atoms with E-state index in [4.69, 9.17) is 0 Å². The summed E-state index contributed by atoms with van der Waals surface area (Å²) in [7, 11) is 0. The molecule has 0 aliphatic rings. The molecule has 0 amide bonds. The van der Waals surface area contributed by atoms with Gasteiger partial charge >= 0.3 is 11.9 Å².